The van der Waals surface area contributed by atoms with Crippen molar-refractivity contribution in [1.82, 2.24) is 0 Å². The van der Waals surface area contributed by atoms with Crippen LogP contribution in [0.25, 0.3) is 0 Å². The molecule has 16 heteroatoms. The molecule has 0 aromatic rings. The summed E-state index contributed by atoms with van der Waals surface area (Å²) in [5.74, 6) is -1.23. The van der Waals surface area contributed by atoms with Gasteiger partial charge in [0.15, 0.2) is 6.10 Å². The highest BCUT2D eigenvalue weighted by Crippen LogP contribution is 2.43. The van der Waals surface area contributed by atoms with Crippen molar-refractivity contribution in [2.45, 2.75) is 180 Å². The molecule has 2 unspecified atom stereocenters. The number of phosphoric acid groups is 2. The Kier molecular flexibility index (Phi) is 38.1. The number of allylic oxidation sites excluding steroid dienone is 9. The monoisotopic (exact) mass is 892 g/mol. The van der Waals surface area contributed by atoms with Gasteiger partial charge >= 0.3 is 27.6 Å². The second-order valence-corrected chi connectivity index (χ2v) is 17.5. The Balaban J connectivity index is 4.70. The minimum Gasteiger partial charge on any atom is -0.462 e. The summed E-state index contributed by atoms with van der Waals surface area (Å²) in [6.07, 6.45) is 38.1. The van der Waals surface area contributed by atoms with Crippen LogP contribution in [0, 0.1) is 0 Å². The van der Waals surface area contributed by atoms with Gasteiger partial charge < -0.3 is 34.4 Å². The first-order valence-corrected chi connectivity index (χ1v) is 25.1. The SMILES string of the molecule is CC/C=C\C/C=C\C/C=C\C/C=C\C=C\C(O)CCCC(=O)O[C@H](COC(=O)CCCCCCCCCCCCCCCCC)COP(=O)(O)OC[C@@H](O)COP(=O)(O)O. The van der Waals surface area contributed by atoms with E-state index in [4.69, 9.17) is 23.8 Å². The number of aliphatic hydroxyl groups is 2. The summed E-state index contributed by atoms with van der Waals surface area (Å²) in [6, 6.07) is 0. The lowest BCUT2D eigenvalue weighted by atomic mass is 10.0. The van der Waals surface area contributed by atoms with E-state index in [0.717, 1.165) is 44.9 Å². The number of carbonyl (C=O) groups excluding carboxylic acids is 2. The molecule has 0 aliphatic carbocycles. The third-order valence-corrected chi connectivity index (χ3v) is 10.5. The molecule has 0 aliphatic rings. The molecule has 0 heterocycles. The van der Waals surface area contributed by atoms with E-state index in [1.165, 1.54) is 70.6 Å². The number of unbranched alkanes of at least 4 members (excludes halogenated alkanes) is 14. The van der Waals surface area contributed by atoms with Crippen molar-refractivity contribution in [2.75, 3.05) is 26.4 Å². The van der Waals surface area contributed by atoms with Crippen LogP contribution in [0.2, 0.25) is 0 Å². The smallest absolute Gasteiger partial charge is 0.462 e. The van der Waals surface area contributed by atoms with Crippen molar-refractivity contribution in [2.24, 2.45) is 0 Å². The van der Waals surface area contributed by atoms with Gasteiger partial charge in [-0.2, -0.15) is 0 Å². The van der Waals surface area contributed by atoms with Crippen molar-refractivity contribution in [1.29, 1.82) is 0 Å². The summed E-state index contributed by atoms with van der Waals surface area (Å²) in [7, 11) is -9.75. The van der Waals surface area contributed by atoms with Crippen LogP contribution >= 0.6 is 15.6 Å². The van der Waals surface area contributed by atoms with Crippen LogP contribution in [0.15, 0.2) is 60.8 Å². The summed E-state index contributed by atoms with van der Waals surface area (Å²) < 4.78 is 47.6. The van der Waals surface area contributed by atoms with Crippen molar-refractivity contribution in [3.05, 3.63) is 60.8 Å². The molecule has 0 spiro atoms. The molecule has 0 radical (unpaired) electrons. The lowest BCUT2D eigenvalue weighted by molar-refractivity contribution is -0.161. The first kappa shape index (κ1) is 57.8. The molecule has 0 aromatic carbocycles. The van der Waals surface area contributed by atoms with E-state index in [0.29, 0.717) is 6.42 Å². The fourth-order valence-corrected chi connectivity index (χ4v) is 6.83. The number of hydrogen-bond donors (Lipinski definition) is 5. The maximum atomic E-state index is 12.7. The predicted octanol–water partition coefficient (Wildman–Crippen LogP) is 10.2. The van der Waals surface area contributed by atoms with Crippen LogP contribution in [0.4, 0.5) is 0 Å². The Hall–Kier alpha value is -2.22. The van der Waals surface area contributed by atoms with Crippen LogP contribution in [0.5, 0.6) is 0 Å². The molecule has 14 nitrogen and oxygen atoms in total. The summed E-state index contributed by atoms with van der Waals surface area (Å²) in [5, 5.41) is 20.0. The third-order valence-electron chi connectivity index (χ3n) is 9.01. The summed E-state index contributed by atoms with van der Waals surface area (Å²) in [4.78, 5) is 52.7. The van der Waals surface area contributed by atoms with Gasteiger partial charge in [0.05, 0.1) is 25.9 Å². The van der Waals surface area contributed by atoms with Crippen molar-refractivity contribution in [3.63, 3.8) is 0 Å². The molecule has 60 heavy (non-hydrogen) atoms. The Morgan fingerprint density at radius 1 is 0.550 bits per heavy atom. The fraction of sp³-hybridized carbons (Fsp3) is 0.727. The zero-order valence-corrected chi connectivity index (χ0v) is 38.2. The molecule has 348 valence electrons. The molecule has 0 saturated carbocycles. The Labute approximate surface area is 360 Å². The molecule has 0 amide bonds. The lowest BCUT2D eigenvalue weighted by Crippen LogP contribution is -2.30. The van der Waals surface area contributed by atoms with E-state index >= 15 is 0 Å². The highest BCUT2D eigenvalue weighted by Gasteiger charge is 2.28. The molecular weight excluding hydrogens is 814 g/mol. The minimum absolute atomic E-state index is 0.0997. The molecule has 0 aromatic heterocycles. The Morgan fingerprint density at radius 3 is 1.58 bits per heavy atom. The highest BCUT2D eigenvalue weighted by atomic mass is 31.2. The van der Waals surface area contributed by atoms with Gasteiger partial charge in [0.2, 0.25) is 0 Å². The molecule has 0 aliphatic heterocycles. The van der Waals surface area contributed by atoms with Gasteiger partial charge in [0.25, 0.3) is 0 Å². The quantitative estimate of drug-likeness (QED) is 0.0127. The van der Waals surface area contributed by atoms with Crippen molar-refractivity contribution >= 4 is 27.6 Å². The number of aliphatic hydroxyl groups excluding tert-OH is 2. The average Bonchev–Trinajstić information content (AvgIpc) is 3.20. The minimum atomic E-state index is -4.89. The molecule has 4 atom stereocenters. The van der Waals surface area contributed by atoms with Gasteiger partial charge in [-0.25, -0.2) is 9.13 Å². The second kappa shape index (κ2) is 39.6. The summed E-state index contributed by atoms with van der Waals surface area (Å²) >= 11 is 0. The zero-order chi connectivity index (χ0) is 44.6. The maximum absolute atomic E-state index is 12.7. The summed E-state index contributed by atoms with van der Waals surface area (Å²) in [5.41, 5.74) is 0. The topological polar surface area (TPSA) is 216 Å². The molecule has 0 saturated heterocycles. The number of carbonyl (C=O) groups is 2. The number of ether oxygens (including phenoxy) is 2. The standard InChI is InChI=1S/C44H78O14P2/c1-3-5-7-9-11-13-15-17-18-20-22-24-26-28-30-34-43(47)54-38-42(39-57-60(52,53)56-37-41(46)36-55-59(49,50)51)58-44(48)35-31-33-40(45)32-29-27-25-23-21-19-16-14-12-10-8-6-4-2/h6,8,12,14,19,21,25,27,29,32,40-42,45-46H,3-5,7,9-11,13,15-18,20,22-24,26,28,30-31,33-39H2,1-2H3,(H,52,53)(H2,49,50,51)/b8-6-,14-12-,21-19-,27-25-,32-29+/t40?,41-,42+/m0/s1. The Morgan fingerprint density at radius 2 is 1.03 bits per heavy atom. The van der Waals surface area contributed by atoms with Crippen LogP contribution in [0.1, 0.15) is 162 Å². The zero-order valence-electron chi connectivity index (χ0n) is 36.4. The van der Waals surface area contributed by atoms with Crippen molar-refractivity contribution < 1.29 is 66.7 Å². The van der Waals surface area contributed by atoms with Crippen LogP contribution in [0.3, 0.4) is 0 Å². The van der Waals surface area contributed by atoms with E-state index in [1.54, 1.807) is 12.2 Å². The number of hydrogen-bond acceptors (Lipinski definition) is 11. The molecular formula is C44H78O14P2. The normalized spacial score (nSPS) is 15.1. The van der Waals surface area contributed by atoms with Crippen LogP contribution < -0.4 is 0 Å². The van der Waals surface area contributed by atoms with E-state index in [1.807, 2.05) is 12.2 Å². The predicted molar refractivity (Wildman–Crippen MR) is 236 cm³/mol. The van der Waals surface area contributed by atoms with Gasteiger partial charge in [-0.1, -0.05) is 164 Å². The molecule has 0 fully saturated rings. The highest BCUT2D eigenvalue weighted by molar-refractivity contribution is 7.47. The molecule has 5 N–H and O–H groups in total. The largest absolute Gasteiger partial charge is 0.472 e. The van der Waals surface area contributed by atoms with Gasteiger partial charge in [0, 0.05) is 12.8 Å². The van der Waals surface area contributed by atoms with E-state index in [2.05, 4.69) is 59.4 Å². The van der Waals surface area contributed by atoms with Crippen molar-refractivity contribution in [3.8, 4) is 0 Å². The molecule has 0 rings (SSSR count). The fourth-order valence-electron chi connectivity index (χ4n) is 5.67. The van der Waals surface area contributed by atoms with Crippen LogP contribution in [-0.4, -0.2) is 81.6 Å². The number of rotatable bonds is 41. The second-order valence-electron chi connectivity index (χ2n) is 14.8. The van der Waals surface area contributed by atoms with E-state index in [-0.39, 0.29) is 25.7 Å². The van der Waals surface area contributed by atoms with E-state index in [9.17, 15) is 33.8 Å². The molecule has 0 bridgehead atoms. The van der Waals surface area contributed by atoms with Gasteiger partial charge in [-0.05, 0) is 44.9 Å². The lowest BCUT2D eigenvalue weighted by Gasteiger charge is -2.20. The first-order valence-electron chi connectivity index (χ1n) is 22.1. The average molecular weight is 893 g/mol. The first-order chi connectivity index (χ1) is 28.8. The maximum Gasteiger partial charge on any atom is 0.472 e. The van der Waals surface area contributed by atoms with Gasteiger partial charge in [-0.15, -0.1) is 0 Å². The van der Waals surface area contributed by atoms with Gasteiger partial charge in [-0.3, -0.25) is 23.2 Å². The third kappa shape index (κ3) is 42.5. The Bertz CT molecular complexity index is 1310. The van der Waals surface area contributed by atoms with Crippen LogP contribution in [-0.2, 0) is 41.8 Å². The number of phosphoric ester groups is 2. The number of esters is 2. The van der Waals surface area contributed by atoms with E-state index < -0.39 is 72.3 Å². The van der Waals surface area contributed by atoms with Gasteiger partial charge in [0.1, 0.15) is 12.7 Å². The summed E-state index contributed by atoms with van der Waals surface area (Å²) in [6.45, 7) is 1.43.